The Morgan fingerprint density at radius 1 is 1.50 bits per heavy atom. The fourth-order valence-electron chi connectivity index (χ4n) is 2.42. The van der Waals surface area contributed by atoms with Crippen LogP contribution in [0.1, 0.15) is 38.5 Å². The Kier molecular flexibility index (Phi) is 5.24. The lowest BCUT2D eigenvalue weighted by atomic mass is 9.75. The Hall–Kier alpha value is -0.585. The first-order valence-corrected chi connectivity index (χ1v) is 5.85. The van der Waals surface area contributed by atoms with Gasteiger partial charge in [-0.05, 0) is 25.6 Å². The minimum Gasteiger partial charge on any atom is -0.446 e. The molecule has 1 aliphatic rings. The molecular weight excluding hydrogens is 209 g/mol. The fourth-order valence-corrected chi connectivity index (χ4v) is 2.42. The molecule has 0 saturated heterocycles. The van der Waals surface area contributed by atoms with E-state index >= 15 is 0 Å². The van der Waals surface area contributed by atoms with E-state index in [1.807, 2.05) is 0 Å². The van der Waals surface area contributed by atoms with E-state index in [1.165, 1.54) is 0 Å². The van der Waals surface area contributed by atoms with Gasteiger partial charge in [0.1, 0.15) is 0 Å². The second-order valence-corrected chi connectivity index (χ2v) is 4.52. The fraction of sp³-hybridized carbons (Fsp3) is 0.900. The van der Waals surface area contributed by atoms with E-state index in [0.29, 0.717) is 25.6 Å². The summed E-state index contributed by atoms with van der Waals surface area (Å²) in [6, 6.07) is 0. The lowest BCUT2D eigenvalue weighted by Gasteiger charge is -2.39. The molecule has 5 nitrogen and oxygen atoms in total. The smallest absolute Gasteiger partial charge is 0.446 e. The zero-order chi connectivity index (χ0) is 12.0. The molecule has 0 heterocycles. The molecule has 1 saturated carbocycles. The van der Waals surface area contributed by atoms with Crippen LogP contribution in [0.5, 0.6) is 0 Å². The minimum absolute atomic E-state index is 0.130. The molecule has 0 aromatic rings. The van der Waals surface area contributed by atoms with Crippen LogP contribution < -0.4 is 5.73 Å². The summed E-state index contributed by atoms with van der Waals surface area (Å²) in [6.45, 7) is 0.416. The van der Waals surface area contributed by atoms with Crippen LogP contribution in [0.25, 0.3) is 0 Å². The molecule has 0 spiro atoms. The first-order chi connectivity index (χ1) is 7.58. The van der Waals surface area contributed by atoms with E-state index in [2.05, 4.69) is 0 Å². The van der Waals surface area contributed by atoms with Gasteiger partial charge in [0.15, 0.2) is 5.72 Å². The second-order valence-electron chi connectivity index (χ2n) is 4.52. The van der Waals surface area contributed by atoms with Gasteiger partial charge in [0.25, 0.3) is 6.47 Å². The summed E-state index contributed by atoms with van der Waals surface area (Å²) in [5.41, 5.74) is 5.21. The number of carbonyl (C=O) groups is 1. The summed E-state index contributed by atoms with van der Waals surface area (Å²) in [4.78, 5) is 10.4. The van der Waals surface area contributed by atoms with Crippen molar-refractivity contribution in [3.63, 3.8) is 0 Å². The van der Waals surface area contributed by atoms with Crippen LogP contribution >= 0.6 is 0 Å². The summed E-state index contributed by atoms with van der Waals surface area (Å²) >= 11 is 0. The molecule has 0 aromatic heterocycles. The third-order valence-electron chi connectivity index (χ3n) is 3.34. The van der Waals surface area contributed by atoms with Crippen molar-refractivity contribution < 1.29 is 19.6 Å². The second kappa shape index (κ2) is 6.22. The number of rotatable bonds is 6. The molecule has 16 heavy (non-hydrogen) atoms. The molecule has 0 amide bonds. The van der Waals surface area contributed by atoms with E-state index in [4.69, 9.17) is 20.5 Å². The Labute approximate surface area is 96.1 Å². The van der Waals surface area contributed by atoms with Crippen LogP contribution in [0.15, 0.2) is 0 Å². The normalized spacial score (nSPS) is 29.8. The Morgan fingerprint density at radius 3 is 2.88 bits per heavy atom. The van der Waals surface area contributed by atoms with Gasteiger partial charge in [-0.25, -0.2) is 0 Å². The molecule has 1 rings (SSSR count). The van der Waals surface area contributed by atoms with Crippen LogP contribution in [-0.4, -0.2) is 29.4 Å². The molecule has 4 N–H and O–H groups in total. The van der Waals surface area contributed by atoms with Crippen molar-refractivity contribution in [1.82, 2.24) is 0 Å². The van der Waals surface area contributed by atoms with Crippen molar-refractivity contribution in [1.29, 1.82) is 0 Å². The zero-order valence-corrected chi connectivity index (χ0v) is 9.47. The first-order valence-electron chi connectivity index (χ1n) is 5.85. The Morgan fingerprint density at radius 2 is 2.25 bits per heavy atom. The van der Waals surface area contributed by atoms with E-state index in [1.54, 1.807) is 0 Å². The molecule has 92 valence electrons. The lowest BCUT2D eigenvalue weighted by molar-refractivity contribution is -0.154. The average Bonchev–Trinajstić information content (AvgIpc) is 2.21. The van der Waals surface area contributed by atoms with E-state index in [-0.39, 0.29) is 5.92 Å². The van der Waals surface area contributed by atoms with E-state index < -0.39 is 12.8 Å². The van der Waals surface area contributed by atoms with Gasteiger partial charge in [-0.1, -0.05) is 12.8 Å². The van der Waals surface area contributed by atoms with Crippen LogP contribution in [0.2, 0.25) is 6.32 Å². The highest BCUT2D eigenvalue weighted by Gasteiger charge is 2.38. The maximum atomic E-state index is 10.4. The first kappa shape index (κ1) is 13.5. The quantitative estimate of drug-likeness (QED) is 0.345. The maximum Gasteiger partial charge on any atom is 0.451 e. The number of ether oxygens (including phenoxy) is 1. The maximum absolute atomic E-state index is 10.4. The summed E-state index contributed by atoms with van der Waals surface area (Å²) in [5, 5.41) is 17.5. The highest BCUT2D eigenvalue weighted by Crippen LogP contribution is 2.35. The number of carbonyl (C=O) groups excluding carboxylic acids is 1. The van der Waals surface area contributed by atoms with Crippen molar-refractivity contribution in [2.75, 3.05) is 0 Å². The van der Waals surface area contributed by atoms with Gasteiger partial charge in [-0.15, -0.1) is 0 Å². The van der Waals surface area contributed by atoms with E-state index in [0.717, 1.165) is 25.7 Å². The van der Waals surface area contributed by atoms with Gasteiger partial charge in [0.2, 0.25) is 0 Å². The van der Waals surface area contributed by atoms with Crippen LogP contribution in [0.4, 0.5) is 0 Å². The van der Waals surface area contributed by atoms with Gasteiger partial charge in [0, 0.05) is 12.3 Å². The summed E-state index contributed by atoms with van der Waals surface area (Å²) in [6.07, 6.45) is 5.49. The number of hydrogen-bond acceptors (Lipinski definition) is 5. The SMILES string of the molecule is N[C@]1(OC=O)CCCC[C@@H]1CCCB(O)O. The van der Waals surface area contributed by atoms with Crippen LogP contribution in [-0.2, 0) is 9.53 Å². The van der Waals surface area contributed by atoms with E-state index in [9.17, 15) is 4.79 Å². The predicted octanol–water partition coefficient (Wildman–Crippen LogP) is 0.258. The van der Waals surface area contributed by atoms with Crippen molar-refractivity contribution in [3.05, 3.63) is 0 Å². The Bertz CT molecular complexity index is 227. The largest absolute Gasteiger partial charge is 0.451 e. The van der Waals surface area contributed by atoms with Gasteiger partial charge in [0.05, 0.1) is 0 Å². The standard InChI is InChI=1S/C10H20BNO4/c12-10(16-8-13)6-2-1-4-9(10)5-3-7-11(14)15/h8-9,14-15H,1-7,12H2/t9-,10+/m1/s1. The molecule has 6 heteroatoms. The summed E-state index contributed by atoms with van der Waals surface area (Å²) in [5.74, 6) is 0.130. The van der Waals surface area contributed by atoms with Crippen molar-refractivity contribution in [3.8, 4) is 0 Å². The highest BCUT2D eigenvalue weighted by molar-refractivity contribution is 6.40. The molecule has 1 fully saturated rings. The molecule has 0 radical (unpaired) electrons. The van der Waals surface area contributed by atoms with Crippen molar-refractivity contribution in [2.24, 2.45) is 11.7 Å². The molecular formula is C10H20BNO4. The van der Waals surface area contributed by atoms with Gasteiger partial charge >= 0.3 is 7.12 Å². The lowest BCUT2D eigenvalue weighted by Crippen LogP contribution is -2.51. The minimum atomic E-state index is -1.26. The average molecular weight is 229 g/mol. The molecule has 2 atom stereocenters. The van der Waals surface area contributed by atoms with Crippen LogP contribution in [0.3, 0.4) is 0 Å². The number of nitrogens with two attached hydrogens (primary N) is 1. The predicted molar refractivity (Wildman–Crippen MR) is 60.3 cm³/mol. The van der Waals surface area contributed by atoms with Crippen molar-refractivity contribution >= 4 is 13.6 Å². The molecule has 0 aliphatic heterocycles. The summed E-state index contributed by atoms with van der Waals surface area (Å²) < 4.78 is 5.01. The molecule has 1 aliphatic carbocycles. The topological polar surface area (TPSA) is 92.8 Å². The zero-order valence-electron chi connectivity index (χ0n) is 9.47. The Balaban J connectivity index is 2.43. The molecule has 0 unspecified atom stereocenters. The third kappa shape index (κ3) is 3.77. The van der Waals surface area contributed by atoms with Gasteiger partial charge in [-0.2, -0.15) is 0 Å². The monoisotopic (exact) mass is 229 g/mol. The van der Waals surface area contributed by atoms with Gasteiger partial charge in [-0.3, -0.25) is 10.5 Å². The number of hydrogen-bond donors (Lipinski definition) is 3. The third-order valence-corrected chi connectivity index (χ3v) is 3.34. The highest BCUT2D eigenvalue weighted by atomic mass is 16.5. The molecule has 0 bridgehead atoms. The van der Waals surface area contributed by atoms with Crippen LogP contribution in [0, 0.1) is 5.92 Å². The molecule has 0 aromatic carbocycles. The summed E-state index contributed by atoms with van der Waals surface area (Å²) in [7, 11) is -1.26. The van der Waals surface area contributed by atoms with Crippen molar-refractivity contribution in [2.45, 2.75) is 50.6 Å². The van der Waals surface area contributed by atoms with Gasteiger partial charge < -0.3 is 14.8 Å².